The maximum atomic E-state index is 14.6. The van der Waals surface area contributed by atoms with Crippen LogP contribution >= 0.6 is 34.8 Å². The fourth-order valence-electron chi connectivity index (χ4n) is 7.62. The van der Waals surface area contributed by atoms with E-state index in [2.05, 4.69) is 20.4 Å². The van der Waals surface area contributed by atoms with E-state index in [-0.39, 0.29) is 56.8 Å². The van der Waals surface area contributed by atoms with Gasteiger partial charge in [0.25, 0.3) is 11.5 Å². The van der Waals surface area contributed by atoms with E-state index in [4.69, 9.17) is 39.8 Å². The van der Waals surface area contributed by atoms with Crippen LogP contribution in [0.4, 0.5) is 10.1 Å². The summed E-state index contributed by atoms with van der Waals surface area (Å²) in [5.41, 5.74) is 1.87. The van der Waals surface area contributed by atoms with Gasteiger partial charge in [-0.2, -0.15) is 9.50 Å². The molecular formula is C36H35Cl3FN9O4. The van der Waals surface area contributed by atoms with Crippen molar-refractivity contribution in [3.05, 3.63) is 96.1 Å². The Morgan fingerprint density at radius 1 is 1.08 bits per heavy atom. The molecule has 1 fully saturated rings. The zero-order valence-corrected chi connectivity index (χ0v) is 31.5. The Hall–Kier alpha value is -4.63. The first-order valence-corrected chi connectivity index (χ1v) is 18.0. The number of aromatic nitrogens is 6. The summed E-state index contributed by atoms with van der Waals surface area (Å²) in [4.78, 5) is 58.1. The number of carbonyl (C=O) groups is 2. The number of amides is 2. The number of nitrogens with zero attached hydrogens (tertiary/aromatic N) is 8. The van der Waals surface area contributed by atoms with Gasteiger partial charge >= 0.3 is 0 Å². The van der Waals surface area contributed by atoms with Crippen LogP contribution in [0.25, 0.3) is 17.2 Å². The number of aryl methyl sites for hydroxylation is 1. The van der Waals surface area contributed by atoms with Gasteiger partial charge in [0.15, 0.2) is 17.3 Å². The standard InChI is InChI=1S/C36H35Cl3FN9O4/c1-18-14-36(7-9-47(10-8-36)34(53)29-31(51)19(2)41-17-42-29)28-30(18)48(16-27(50)43-26-13-25(40)23(38)12-24(26)39)35-44-32(45-49(35)33(28)52)20-5-6-21(15-46(3)4)22(37)11-20/h5-6,11-13,17-18,51H,7-10,14-16H2,1-4H3,(H,43,50). The zero-order valence-electron chi connectivity index (χ0n) is 29.3. The van der Waals surface area contributed by atoms with Gasteiger partial charge in [-0.15, -0.1) is 5.10 Å². The molecule has 0 saturated carbocycles. The molecule has 2 amide bonds. The number of likely N-dealkylation sites (tertiary alicyclic amines) is 1. The molecule has 13 nitrogen and oxygen atoms in total. The van der Waals surface area contributed by atoms with E-state index in [9.17, 15) is 23.9 Å². The van der Waals surface area contributed by atoms with Crippen molar-refractivity contribution in [3.63, 3.8) is 0 Å². The van der Waals surface area contributed by atoms with Crippen LogP contribution in [0.15, 0.2) is 41.5 Å². The fraction of sp³-hybridized carbons (Fsp3) is 0.361. The minimum atomic E-state index is -0.749. The first-order valence-electron chi connectivity index (χ1n) is 16.9. The van der Waals surface area contributed by atoms with Crippen LogP contribution in [0.5, 0.6) is 5.75 Å². The van der Waals surface area contributed by atoms with Crippen molar-refractivity contribution in [1.29, 1.82) is 0 Å². The highest BCUT2D eigenvalue weighted by Gasteiger charge is 2.49. The van der Waals surface area contributed by atoms with Gasteiger partial charge in [0.05, 0.1) is 21.4 Å². The van der Waals surface area contributed by atoms with Gasteiger partial charge in [0.1, 0.15) is 18.7 Å². The zero-order chi connectivity index (χ0) is 37.9. The third-order valence-electron chi connectivity index (χ3n) is 10.1. The summed E-state index contributed by atoms with van der Waals surface area (Å²) in [6.07, 6.45) is 2.70. The lowest BCUT2D eigenvalue weighted by Crippen LogP contribution is -2.46. The van der Waals surface area contributed by atoms with Crippen LogP contribution < -0.4 is 10.9 Å². The average Bonchev–Trinajstić information content (AvgIpc) is 3.67. The van der Waals surface area contributed by atoms with Gasteiger partial charge in [0.2, 0.25) is 11.7 Å². The Labute approximate surface area is 318 Å². The summed E-state index contributed by atoms with van der Waals surface area (Å²) < 4.78 is 17.3. The van der Waals surface area contributed by atoms with Crippen molar-refractivity contribution in [3.8, 4) is 17.1 Å². The lowest BCUT2D eigenvalue weighted by Gasteiger charge is -2.39. The molecule has 1 spiro atoms. The predicted octanol–water partition coefficient (Wildman–Crippen LogP) is 5.84. The van der Waals surface area contributed by atoms with Crippen LogP contribution in [-0.4, -0.2) is 83.0 Å². The molecule has 0 bridgehead atoms. The van der Waals surface area contributed by atoms with Gasteiger partial charge in [-0.1, -0.05) is 53.9 Å². The predicted molar refractivity (Wildman–Crippen MR) is 198 cm³/mol. The number of benzene rings is 2. The summed E-state index contributed by atoms with van der Waals surface area (Å²) in [6, 6.07) is 7.71. The van der Waals surface area contributed by atoms with Crippen molar-refractivity contribution < 1.29 is 19.1 Å². The van der Waals surface area contributed by atoms with E-state index in [0.717, 1.165) is 11.6 Å². The number of piperidine rings is 1. The molecule has 2 aromatic carbocycles. The second kappa shape index (κ2) is 14.0. The molecule has 1 saturated heterocycles. The molecule has 2 aliphatic rings. The van der Waals surface area contributed by atoms with E-state index in [1.807, 2.05) is 38.1 Å². The Morgan fingerprint density at radius 3 is 2.51 bits per heavy atom. The molecule has 53 heavy (non-hydrogen) atoms. The van der Waals surface area contributed by atoms with Gasteiger partial charge in [-0.25, -0.2) is 14.4 Å². The molecule has 0 radical (unpaired) electrons. The highest BCUT2D eigenvalue weighted by atomic mass is 35.5. The van der Waals surface area contributed by atoms with Gasteiger partial charge in [-0.3, -0.25) is 14.4 Å². The van der Waals surface area contributed by atoms with Crippen molar-refractivity contribution in [2.24, 2.45) is 0 Å². The van der Waals surface area contributed by atoms with Crippen molar-refractivity contribution in [2.75, 3.05) is 32.5 Å². The van der Waals surface area contributed by atoms with E-state index in [1.165, 1.54) is 16.9 Å². The van der Waals surface area contributed by atoms with Gasteiger partial charge in [-0.05, 0) is 63.9 Å². The number of aromatic hydroxyl groups is 1. The molecule has 3 aromatic heterocycles. The molecule has 7 rings (SSSR count). The second-order valence-electron chi connectivity index (χ2n) is 14.0. The van der Waals surface area contributed by atoms with Gasteiger partial charge in [0, 0.05) is 53.0 Å². The van der Waals surface area contributed by atoms with Crippen LogP contribution in [0.2, 0.25) is 15.1 Å². The molecule has 1 aliphatic heterocycles. The third-order valence-corrected chi connectivity index (χ3v) is 11.0. The fourth-order valence-corrected chi connectivity index (χ4v) is 8.29. The molecule has 17 heteroatoms. The lowest BCUT2D eigenvalue weighted by atomic mass is 9.73. The molecule has 1 atom stereocenters. The molecule has 5 aromatic rings. The average molecular weight is 783 g/mol. The Bertz CT molecular complexity index is 2370. The number of fused-ring (bicyclic) bond motifs is 3. The van der Waals surface area contributed by atoms with Crippen LogP contribution in [0.1, 0.15) is 65.1 Å². The monoisotopic (exact) mass is 781 g/mol. The number of anilines is 1. The first kappa shape index (κ1) is 36.7. The maximum Gasteiger partial charge on any atom is 0.279 e. The number of carbonyl (C=O) groups excluding carboxylic acids is 2. The number of hydrogen-bond donors (Lipinski definition) is 2. The van der Waals surface area contributed by atoms with Crippen LogP contribution in [-0.2, 0) is 23.3 Å². The molecule has 1 unspecified atom stereocenters. The number of hydrogen-bond acceptors (Lipinski definition) is 9. The Morgan fingerprint density at radius 2 is 1.81 bits per heavy atom. The summed E-state index contributed by atoms with van der Waals surface area (Å²) in [5.74, 6) is -1.79. The maximum absolute atomic E-state index is 14.6. The smallest absolute Gasteiger partial charge is 0.279 e. The summed E-state index contributed by atoms with van der Waals surface area (Å²) in [5, 5.41) is 18.2. The molecule has 2 N–H and O–H groups in total. The van der Waals surface area contributed by atoms with Crippen molar-refractivity contribution in [1.82, 2.24) is 38.9 Å². The minimum absolute atomic E-state index is 0.0355. The molecule has 276 valence electrons. The normalized spacial score (nSPS) is 16.5. The van der Waals surface area contributed by atoms with Crippen LogP contribution in [0, 0.1) is 12.7 Å². The number of nitrogens with one attached hydrogen (secondary N) is 1. The van der Waals surface area contributed by atoms with E-state index >= 15 is 0 Å². The van der Waals surface area contributed by atoms with Crippen molar-refractivity contribution >= 4 is 58.1 Å². The van der Waals surface area contributed by atoms with E-state index in [1.54, 1.807) is 22.5 Å². The quantitative estimate of drug-likeness (QED) is 0.194. The second-order valence-corrected chi connectivity index (χ2v) is 15.2. The summed E-state index contributed by atoms with van der Waals surface area (Å²) in [7, 11) is 3.88. The lowest BCUT2D eigenvalue weighted by molar-refractivity contribution is -0.116. The topological polar surface area (TPSA) is 151 Å². The highest BCUT2D eigenvalue weighted by Crippen LogP contribution is 2.50. The van der Waals surface area contributed by atoms with Crippen molar-refractivity contribution in [2.45, 2.75) is 57.5 Å². The molecule has 1 aliphatic carbocycles. The van der Waals surface area contributed by atoms with E-state index < -0.39 is 23.0 Å². The Balaban J connectivity index is 1.30. The minimum Gasteiger partial charge on any atom is -0.504 e. The molecular weight excluding hydrogens is 748 g/mol. The highest BCUT2D eigenvalue weighted by molar-refractivity contribution is 6.36. The third kappa shape index (κ3) is 6.62. The molecule has 4 heterocycles. The number of halogens is 4. The van der Waals surface area contributed by atoms with Gasteiger partial charge < -0.3 is 24.8 Å². The first-order chi connectivity index (χ1) is 25.2. The summed E-state index contributed by atoms with van der Waals surface area (Å²) >= 11 is 18.8. The summed E-state index contributed by atoms with van der Waals surface area (Å²) in [6.45, 7) is 4.50. The van der Waals surface area contributed by atoms with Crippen LogP contribution in [0.3, 0.4) is 0 Å². The number of rotatable bonds is 7. The Kier molecular flexibility index (Phi) is 9.68. The SMILES string of the molecule is Cc1ncnc(C(=O)N2CCC3(CC2)CC(C)c2c3c(=O)n3nc(-c4ccc(CN(C)C)c(Cl)c4)nc3n2CC(=O)Nc2cc(F)c(Cl)cc2Cl)c1O. The largest absolute Gasteiger partial charge is 0.504 e. The van der Waals surface area contributed by atoms with E-state index in [0.29, 0.717) is 66.4 Å².